The van der Waals surface area contributed by atoms with Crippen LogP contribution in [0.15, 0.2) is 46.0 Å². The molecule has 0 radical (unpaired) electrons. The lowest BCUT2D eigenvalue weighted by Gasteiger charge is -2.32. The second kappa shape index (κ2) is 10.1. The normalized spacial score (nSPS) is 14.5. The fourth-order valence-electron chi connectivity index (χ4n) is 3.36. The number of pyridine rings is 1. The predicted molar refractivity (Wildman–Crippen MR) is 118 cm³/mol. The lowest BCUT2D eigenvalue weighted by Crippen LogP contribution is -2.41. The van der Waals surface area contributed by atoms with Crippen molar-refractivity contribution >= 4 is 39.5 Å². The number of benzene rings is 1. The molecule has 2 heterocycles. The summed E-state index contributed by atoms with van der Waals surface area (Å²) in [5.74, 6) is 0.894. The number of halogens is 1. The molecule has 6 nitrogen and oxygen atoms in total. The van der Waals surface area contributed by atoms with Crippen LogP contribution in [0.5, 0.6) is 5.75 Å². The fourth-order valence-corrected chi connectivity index (χ4v) is 4.33. The van der Waals surface area contributed by atoms with E-state index in [0.717, 1.165) is 22.3 Å². The Morgan fingerprint density at radius 2 is 2.03 bits per heavy atom. The molecule has 0 saturated carbocycles. The number of hydrogen-bond donors (Lipinski definition) is 1. The van der Waals surface area contributed by atoms with Gasteiger partial charge in [-0.1, -0.05) is 0 Å². The average molecular weight is 478 g/mol. The van der Waals surface area contributed by atoms with Gasteiger partial charge in [0.05, 0.1) is 18.2 Å². The first-order valence-corrected chi connectivity index (χ1v) is 11.4. The van der Waals surface area contributed by atoms with Crippen molar-refractivity contribution < 1.29 is 14.3 Å². The first-order valence-electron chi connectivity index (χ1n) is 9.43. The van der Waals surface area contributed by atoms with Crippen molar-refractivity contribution in [3.05, 3.63) is 52.1 Å². The second-order valence-corrected chi connectivity index (χ2v) is 8.50. The molecule has 1 N–H and O–H groups in total. The Morgan fingerprint density at radius 3 is 2.72 bits per heavy atom. The third-order valence-corrected chi connectivity index (χ3v) is 6.47. The molecule has 0 spiro atoms. The van der Waals surface area contributed by atoms with Gasteiger partial charge in [0.15, 0.2) is 0 Å². The van der Waals surface area contributed by atoms with E-state index in [9.17, 15) is 9.59 Å². The van der Waals surface area contributed by atoms with Crippen molar-refractivity contribution in [2.75, 3.05) is 33.0 Å². The van der Waals surface area contributed by atoms with Crippen LogP contribution in [-0.4, -0.2) is 54.7 Å². The monoisotopic (exact) mass is 477 g/mol. The number of nitrogens with zero attached hydrogens (tertiary/aromatic N) is 2. The summed E-state index contributed by atoms with van der Waals surface area (Å²) in [5.41, 5.74) is 1.22. The van der Waals surface area contributed by atoms with Crippen LogP contribution in [0, 0.1) is 5.92 Å². The van der Waals surface area contributed by atoms with E-state index in [4.69, 9.17) is 4.74 Å². The summed E-state index contributed by atoms with van der Waals surface area (Å²) in [7, 11) is 1.58. The quantitative estimate of drug-likeness (QED) is 0.639. The summed E-state index contributed by atoms with van der Waals surface area (Å²) in [6, 6.07) is 8.96. The van der Waals surface area contributed by atoms with Crippen molar-refractivity contribution in [1.29, 1.82) is 0 Å². The molecule has 1 aromatic carbocycles. The molecule has 1 saturated heterocycles. The smallest absolute Gasteiger partial charge is 0.256 e. The number of carbonyl (C=O) groups is 2. The molecule has 154 valence electrons. The van der Waals surface area contributed by atoms with E-state index in [1.807, 2.05) is 17.2 Å². The number of piperidine rings is 1. The standard InChI is InChI=1S/C21H24BrN3O3S/c1-28-15-5-6-18(22)17(12-15)19(26)24-13-14-7-10-25(11-8-14)21(27)16-4-3-9-23-20(16)29-2/h3-6,9,12,14H,7-8,10-11,13H2,1-2H3,(H,24,26). The van der Waals surface area contributed by atoms with E-state index < -0.39 is 0 Å². The molecule has 29 heavy (non-hydrogen) atoms. The molecule has 2 amide bonds. The SMILES string of the molecule is COc1ccc(Br)c(C(=O)NCC2CCN(C(=O)c3cccnc3SC)CC2)c1. The van der Waals surface area contributed by atoms with Crippen LogP contribution in [0.25, 0.3) is 0 Å². The average Bonchev–Trinajstić information content (AvgIpc) is 2.77. The lowest BCUT2D eigenvalue weighted by atomic mass is 9.96. The minimum Gasteiger partial charge on any atom is -0.497 e. The number of thioether (sulfide) groups is 1. The number of hydrogen-bond acceptors (Lipinski definition) is 5. The zero-order valence-electron chi connectivity index (χ0n) is 16.5. The summed E-state index contributed by atoms with van der Waals surface area (Å²) >= 11 is 4.90. The van der Waals surface area contributed by atoms with Gasteiger partial charge in [0.25, 0.3) is 11.8 Å². The molecular weight excluding hydrogens is 454 g/mol. The molecule has 1 fully saturated rings. The number of aromatic nitrogens is 1. The highest BCUT2D eigenvalue weighted by Gasteiger charge is 2.25. The third-order valence-electron chi connectivity index (χ3n) is 5.07. The van der Waals surface area contributed by atoms with Crippen LogP contribution in [-0.2, 0) is 0 Å². The topological polar surface area (TPSA) is 71.5 Å². The molecule has 0 atom stereocenters. The van der Waals surface area contributed by atoms with Gasteiger partial charge in [0.2, 0.25) is 0 Å². The summed E-state index contributed by atoms with van der Waals surface area (Å²) in [6.45, 7) is 1.96. The highest BCUT2D eigenvalue weighted by molar-refractivity contribution is 9.10. The Balaban J connectivity index is 1.52. The number of likely N-dealkylation sites (tertiary alicyclic amines) is 1. The lowest BCUT2D eigenvalue weighted by molar-refractivity contribution is 0.0680. The molecule has 0 unspecified atom stereocenters. The van der Waals surface area contributed by atoms with Gasteiger partial charge in [0.1, 0.15) is 10.8 Å². The van der Waals surface area contributed by atoms with E-state index >= 15 is 0 Å². The van der Waals surface area contributed by atoms with Gasteiger partial charge < -0.3 is 15.0 Å². The first-order chi connectivity index (χ1) is 14.0. The molecule has 0 bridgehead atoms. The zero-order valence-corrected chi connectivity index (χ0v) is 18.9. The largest absolute Gasteiger partial charge is 0.497 e. The minimum atomic E-state index is -0.130. The molecule has 3 rings (SSSR count). The maximum Gasteiger partial charge on any atom is 0.256 e. The van der Waals surface area contributed by atoms with Crippen LogP contribution in [0.1, 0.15) is 33.6 Å². The molecule has 0 aliphatic carbocycles. The van der Waals surface area contributed by atoms with Crippen LogP contribution in [0.2, 0.25) is 0 Å². The molecule has 8 heteroatoms. The van der Waals surface area contributed by atoms with Crippen molar-refractivity contribution in [2.24, 2.45) is 5.92 Å². The van der Waals surface area contributed by atoms with Gasteiger partial charge in [0, 0.05) is 30.3 Å². The zero-order chi connectivity index (χ0) is 20.8. The highest BCUT2D eigenvalue weighted by Crippen LogP contribution is 2.24. The Morgan fingerprint density at radius 1 is 1.28 bits per heavy atom. The highest BCUT2D eigenvalue weighted by atomic mass is 79.9. The molecular formula is C21H24BrN3O3S. The Kier molecular flexibility index (Phi) is 7.55. The molecule has 1 aliphatic heterocycles. The molecule has 2 aromatic rings. The van der Waals surface area contributed by atoms with Gasteiger partial charge in [-0.15, -0.1) is 11.8 Å². The Bertz CT molecular complexity index is 885. The van der Waals surface area contributed by atoms with Crippen LogP contribution in [0.4, 0.5) is 0 Å². The van der Waals surface area contributed by atoms with Crippen molar-refractivity contribution in [3.63, 3.8) is 0 Å². The summed E-state index contributed by atoms with van der Waals surface area (Å²) in [5, 5.41) is 3.77. The number of rotatable bonds is 6. The summed E-state index contributed by atoms with van der Waals surface area (Å²) < 4.78 is 5.93. The molecule has 1 aromatic heterocycles. The third kappa shape index (κ3) is 5.30. The van der Waals surface area contributed by atoms with Gasteiger partial charge in [-0.2, -0.15) is 0 Å². The molecule has 1 aliphatic rings. The predicted octanol–water partition coefficient (Wildman–Crippen LogP) is 3.86. The summed E-state index contributed by atoms with van der Waals surface area (Å²) in [4.78, 5) is 31.5. The van der Waals surface area contributed by atoms with Crippen molar-refractivity contribution in [1.82, 2.24) is 15.2 Å². The first kappa shape index (κ1) is 21.6. The second-order valence-electron chi connectivity index (χ2n) is 6.85. The van der Waals surface area contributed by atoms with Crippen LogP contribution in [0.3, 0.4) is 0 Å². The van der Waals surface area contributed by atoms with Gasteiger partial charge in [-0.05, 0) is 71.3 Å². The number of nitrogens with one attached hydrogen (secondary N) is 1. The Hall–Kier alpha value is -2.06. The van der Waals surface area contributed by atoms with Crippen LogP contribution >= 0.6 is 27.7 Å². The van der Waals surface area contributed by atoms with Crippen molar-refractivity contribution in [2.45, 2.75) is 17.9 Å². The van der Waals surface area contributed by atoms with Crippen LogP contribution < -0.4 is 10.1 Å². The van der Waals surface area contributed by atoms with Gasteiger partial charge in [-0.25, -0.2) is 4.98 Å². The maximum atomic E-state index is 12.8. The van der Waals surface area contributed by atoms with E-state index in [0.29, 0.717) is 42.4 Å². The number of ether oxygens (including phenoxy) is 1. The van der Waals surface area contributed by atoms with E-state index in [1.54, 1.807) is 37.6 Å². The summed E-state index contributed by atoms with van der Waals surface area (Å²) in [6.07, 6.45) is 5.35. The fraction of sp³-hybridized carbons (Fsp3) is 0.381. The maximum absolute atomic E-state index is 12.8. The van der Waals surface area contributed by atoms with E-state index in [-0.39, 0.29) is 11.8 Å². The minimum absolute atomic E-state index is 0.0326. The number of methoxy groups -OCH3 is 1. The van der Waals surface area contributed by atoms with Gasteiger partial charge in [-0.3, -0.25) is 9.59 Å². The van der Waals surface area contributed by atoms with E-state index in [2.05, 4.69) is 26.2 Å². The van der Waals surface area contributed by atoms with E-state index in [1.165, 1.54) is 11.8 Å². The van der Waals surface area contributed by atoms with Crippen molar-refractivity contribution in [3.8, 4) is 5.75 Å². The Labute approximate surface area is 183 Å². The van der Waals surface area contributed by atoms with Gasteiger partial charge >= 0.3 is 0 Å². The number of amides is 2. The number of carbonyl (C=O) groups excluding carboxylic acids is 2.